The van der Waals surface area contributed by atoms with E-state index in [4.69, 9.17) is 32.7 Å². The van der Waals surface area contributed by atoms with Crippen LogP contribution in [0.15, 0.2) is 18.2 Å². The number of hydrogen-bond acceptors (Lipinski definition) is 5. The molecule has 26 heavy (non-hydrogen) atoms. The van der Waals surface area contributed by atoms with Gasteiger partial charge in [0.25, 0.3) is 5.91 Å². The highest BCUT2D eigenvalue weighted by Gasteiger charge is 2.16. The minimum Gasteiger partial charge on any atom is -0.478 e. The van der Waals surface area contributed by atoms with Crippen LogP contribution in [0.1, 0.15) is 19.5 Å². The third-order valence-electron chi connectivity index (χ3n) is 3.38. The zero-order chi connectivity index (χ0) is 19.3. The Kier molecular flexibility index (Phi) is 7.06. The number of carbonyl (C=O) groups is 2. The van der Waals surface area contributed by atoms with Gasteiger partial charge in [0.15, 0.2) is 19.0 Å². The molecule has 0 spiro atoms. The largest absolute Gasteiger partial charge is 0.478 e. The van der Waals surface area contributed by atoms with Crippen LogP contribution in [-0.2, 0) is 14.3 Å². The van der Waals surface area contributed by atoms with Gasteiger partial charge in [0.1, 0.15) is 5.52 Å². The molecule has 1 N–H and O–H groups in total. The van der Waals surface area contributed by atoms with Crippen molar-refractivity contribution in [3.63, 3.8) is 0 Å². The summed E-state index contributed by atoms with van der Waals surface area (Å²) in [7, 11) is 0. The van der Waals surface area contributed by atoms with Crippen molar-refractivity contribution in [1.82, 2.24) is 10.3 Å². The quantitative estimate of drug-likeness (QED) is 0.721. The van der Waals surface area contributed by atoms with Crippen LogP contribution in [0.4, 0.5) is 0 Å². The standard InChI is InChI=1S/C18H20Cl2N2O4/c1-10(2)7-21-15(23)8-25-16(24)9-26-18-14(20)6-13(19)12-5-4-11(3)22-17(12)18/h4-6,10H,7-9H2,1-3H3,(H,21,23). The number of carbonyl (C=O) groups excluding carboxylic acids is 2. The van der Waals surface area contributed by atoms with E-state index in [-0.39, 0.29) is 23.3 Å². The minimum absolute atomic E-state index is 0.239. The van der Waals surface area contributed by atoms with Gasteiger partial charge in [0, 0.05) is 17.6 Å². The number of nitrogens with one attached hydrogen (secondary N) is 1. The van der Waals surface area contributed by atoms with Crippen LogP contribution in [0, 0.1) is 12.8 Å². The topological polar surface area (TPSA) is 77.5 Å². The predicted molar refractivity (Wildman–Crippen MR) is 101 cm³/mol. The Labute approximate surface area is 161 Å². The average molecular weight is 399 g/mol. The monoisotopic (exact) mass is 398 g/mol. The molecule has 0 aliphatic rings. The average Bonchev–Trinajstić information content (AvgIpc) is 2.57. The zero-order valence-electron chi connectivity index (χ0n) is 14.8. The number of aryl methyl sites for hydroxylation is 1. The smallest absolute Gasteiger partial charge is 0.344 e. The molecule has 0 saturated carbocycles. The third kappa shape index (κ3) is 5.47. The molecular weight excluding hydrogens is 379 g/mol. The van der Waals surface area contributed by atoms with E-state index in [0.717, 1.165) is 5.69 Å². The van der Waals surface area contributed by atoms with Gasteiger partial charge in [-0.15, -0.1) is 0 Å². The molecular formula is C18H20Cl2N2O4. The lowest BCUT2D eigenvalue weighted by molar-refractivity contribution is -0.150. The number of amides is 1. The second-order valence-electron chi connectivity index (χ2n) is 6.17. The summed E-state index contributed by atoms with van der Waals surface area (Å²) in [6, 6.07) is 5.15. The van der Waals surface area contributed by atoms with Crippen LogP contribution in [0.3, 0.4) is 0 Å². The number of rotatable bonds is 7. The Hall–Kier alpha value is -2.05. The number of hydrogen-bond donors (Lipinski definition) is 1. The van der Waals surface area contributed by atoms with Crippen molar-refractivity contribution in [2.24, 2.45) is 5.92 Å². The van der Waals surface area contributed by atoms with E-state index in [1.54, 1.807) is 6.07 Å². The Bertz CT molecular complexity index is 824. The van der Waals surface area contributed by atoms with Crippen molar-refractivity contribution in [2.45, 2.75) is 20.8 Å². The van der Waals surface area contributed by atoms with Gasteiger partial charge >= 0.3 is 5.97 Å². The summed E-state index contributed by atoms with van der Waals surface area (Å²) in [5, 5.41) is 4.00. The molecule has 0 atom stereocenters. The molecule has 8 heteroatoms. The fourth-order valence-electron chi connectivity index (χ4n) is 2.12. The molecule has 0 saturated heterocycles. The van der Waals surface area contributed by atoms with Crippen molar-refractivity contribution >= 4 is 46.0 Å². The molecule has 0 aliphatic heterocycles. The van der Waals surface area contributed by atoms with Crippen LogP contribution in [0.25, 0.3) is 10.9 Å². The van der Waals surface area contributed by atoms with Gasteiger partial charge in [-0.3, -0.25) is 4.79 Å². The summed E-state index contributed by atoms with van der Waals surface area (Å²) >= 11 is 12.3. The van der Waals surface area contributed by atoms with Crippen molar-refractivity contribution in [3.8, 4) is 5.75 Å². The van der Waals surface area contributed by atoms with Crippen molar-refractivity contribution in [3.05, 3.63) is 33.9 Å². The lowest BCUT2D eigenvalue weighted by Crippen LogP contribution is -2.32. The number of ether oxygens (including phenoxy) is 2. The molecule has 0 fully saturated rings. The lowest BCUT2D eigenvalue weighted by atomic mass is 10.2. The van der Waals surface area contributed by atoms with Gasteiger partial charge in [-0.25, -0.2) is 9.78 Å². The predicted octanol–water partition coefficient (Wildman–Crippen LogP) is 3.54. The van der Waals surface area contributed by atoms with Gasteiger partial charge in [0.05, 0.1) is 10.0 Å². The van der Waals surface area contributed by atoms with E-state index in [9.17, 15) is 9.59 Å². The first-order valence-electron chi connectivity index (χ1n) is 8.08. The van der Waals surface area contributed by atoms with Crippen LogP contribution < -0.4 is 10.1 Å². The highest BCUT2D eigenvalue weighted by atomic mass is 35.5. The molecule has 2 aromatic rings. The van der Waals surface area contributed by atoms with E-state index >= 15 is 0 Å². The number of aromatic nitrogens is 1. The van der Waals surface area contributed by atoms with E-state index in [1.165, 1.54) is 6.07 Å². The van der Waals surface area contributed by atoms with Crippen LogP contribution in [-0.4, -0.2) is 36.6 Å². The van der Waals surface area contributed by atoms with Gasteiger partial charge < -0.3 is 14.8 Å². The Morgan fingerprint density at radius 3 is 2.62 bits per heavy atom. The summed E-state index contributed by atoms with van der Waals surface area (Å²) in [4.78, 5) is 27.8. The van der Waals surface area contributed by atoms with E-state index in [2.05, 4.69) is 10.3 Å². The lowest BCUT2D eigenvalue weighted by Gasteiger charge is -2.12. The van der Waals surface area contributed by atoms with Crippen molar-refractivity contribution in [1.29, 1.82) is 0 Å². The first-order valence-corrected chi connectivity index (χ1v) is 8.84. The van der Waals surface area contributed by atoms with Crippen LogP contribution in [0.5, 0.6) is 5.75 Å². The molecule has 0 bridgehead atoms. The second-order valence-corrected chi connectivity index (χ2v) is 6.98. The SMILES string of the molecule is Cc1ccc2c(Cl)cc(Cl)c(OCC(=O)OCC(=O)NCC(C)C)c2n1. The summed E-state index contributed by atoms with van der Waals surface area (Å²) in [5.41, 5.74) is 1.22. The molecule has 0 radical (unpaired) electrons. The van der Waals surface area contributed by atoms with Crippen molar-refractivity contribution in [2.75, 3.05) is 19.8 Å². The molecule has 1 aromatic heterocycles. The Balaban J connectivity index is 2.00. The summed E-state index contributed by atoms with van der Waals surface area (Å²) in [6.07, 6.45) is 0. The molecule has 6 nitrogen and oxygen atoms in total. The molecule has 1 heterocycles. The first kappa shape index (κ1) is 20.3. The first-order chi connectivity index (χ1) is 12.3. The molecule has 0 aliphatic carbocycles. The van der Waals surface area contributed by atoms with Crippen molar-refractivity contribution < 1.29 is 19.1 Å². The molecule has 1 amide bonds. The van der Waals surface area contributed by atoms with Gasteiger partial charge in [-0.1, -0.05) is 37.0 Å². The molecule has 0 unspecified atom stereocenters. The van der Waals surface area contributed by atoms with Gasteiger partial charge in [0.2, 0.25) is 0 Å². The highest BCUT2D eigenvalue weighted by Crippen LogP contribution is 2.37. The zero-order valence-corrected chi connectivity index (χ0v) is 16.3. The van der Waals surface area contributed by atoms with Crippen LogP contribution in [0.2, 0.25) is 10.0 Å². The summed E-state index contributed by atoms with van der Waals surface area (Å²) in [5.74, 6) is -0.485. The maximum atomic E-state index is 11.8. The van der Waals surface area contributed by atoms with E-state index < -0.39 is 12.6 Å². The van der Waals surface area contributed by atoms with Crippen LogP contribution >= 0.6 is 23.2 Å². The van der Waals surface area contributed by atoms with E-state index in [1.807, 2.05) is 26.8 Å². The molecule has 1 aromatic carbocycles. The molecule has 140 valence electrons. The van der Waals surface area contributed by atoms with Gasteiger partial charge in [-0.05, 0) is 31.0 Å². The number of halogens is 2. The number of fused-ring (bicyclic) bond motifs is 1. The highest BCUT2D eigenvalue weighted by molar-refractivity contribution is 6.39. The number of nitrogens with zero attached hydrogens (tertiary/aromatic N) is 1. The van der Waals surface area contributed by atoms with E-state index in [0.29, 0.717) is 28.4 Å². The third-order valence-corrected chi connectivity index (χ3v) is 3.98. The Morgan fingerprint density at radius 1 is 1.19 bits per heavy atom. The maximum Gasteiger partial charge on any atom is 0.344 e. The fraction of sp³-hybridized carbons (Fsp3) is 0.389. The number of pyridine rings is 1. The number of esters is 1. The number of benzene rings is 1. The minimum atomic E-state index is -0.684. The normalized spacial score (nSPS) is 10.8. The Morgan fingerprint density at radius 2 is 1.92 bits per heavy atom. The summed E-state index contributed by atoms with van der Waals surface area (Å²) < 4.78 is 10.4. The van der Waals surface area contributed by atoms with Gasteiger partial charge in [-0.2, -0.15) is 0 Å². The fourth-order valence-corrected chi connectivity index (χ4v) is 2.69. The maximum absolute atomic E-state index is 11.8. The molecule has 2 rings (SSSR count). The second kappa shape index (κ2) is 9.05. The summed E-state index contributed by atoms with van der Waals surface area (Å²) in [6.45, 7) is 5.52.